The number of nitrogens with one attached hydrogen (secondary N) is 11. The molecule has 0 aliphatic carbocycles. The Morgan fingerprint density at radius 3 is 1.97 bits per heavy atom. The van der Waals surface area contributed by atoms with Crippen LogP contribution in [0.3, 0.4) is 0 Å². The predicted octanol–water partition coefficient (Wildman–Crippen LogP) is -1.46. The first-order valence-corrected chi connectivity index (χ1v) is 21.2. The smallest absolute Gasteiger partial charge is 0.334 e. The fourth-order valence-electron chi connectivity index (χ4n) is 6.68. The van der Waals surface area contributed by atoms with Crippen LogP contribution in [0.2, 0.25) is 0 Å². The molecule has 22 heteroatoms. The molecule has 3 rings (SSSR count). The summed E-state index contributed by atoms with van der Waals surface area (Å²) < 4.78 is 0. The Hall–Kier alpha value is -7.23. The minimum atomic E-state index is -1.54. The second-order valence-corrected chi connectivity index (χ2v) is 16.1. The third-order valence-corrected chi connectivity index (χ3v) is 10.2. The minimum Gasteiger partial charge on any atom is -0.391 e. The number of aromatic amines is 1. The number of rotatable bonds is 24. The summed E-state index contributed by atoms with van der Waals surface area (Å²) in [6.45, 7) is 6.51. The molecule has 0 bridgehead atoms. The van der Waals surface area contributed by atoms with E-state index in [1.165, 1.54) is 13.8 Å². The van der Waals surface area contributed by atoms with Crippen molar-refractivity contribution >= 4 is 64.2 Å². The van der Waals surface area contributed by atoms with Crippen molar-refractivity contribution in [3.63, 3.8) is 0 Å². The van der Waals surface area contributed by atoms with E-state index < -0.39 is 89.6 Å². The van der Waals surface area contributed by atoms with Crippen LogP contribution in [0.25, 0.3) is 10.9 Å². The van der Waals surface area contributed by atoms with Crippen LogP contribution in [-0.2, 0) is 46.4 Å². The van der Waals surface area contributed by atoms with Gasteiger partial charge in [-0.15, -0.1) is 0 Å². The van der Waals surface area contributed by atoms with Crippen LogP contribution < -0.4 is 59.5 Å². The predicted molar refractivity (Wildman–Crippen MR) is 241 cm³/mol. The number of aliphatic hydroxyl groups excluding tert-OH is 1. The number of nitrogens with two attached hydrogens (primary N) is 2. The van der Waals surface area contributed by atoms with Crippen molar-refractivity contribution in [3.05, 3.63) is 71.9 Å². The van der Waals surface area contributed by atoms with E-state index in [1.807, 2.05) is 24.3 Å². The van der Waals surface area contributed by atoms with Crippen LogP contribution in [0.4, 0.5) is 4.79 Å². The molecule has 3 aromatic rings. The maximum absolute atomic E-state index is 13.9. The molecule has 7 atom stereocenters. The molecule has 1 heterocycles. The monoisotopic (exact) mass is 905 g/mol. The quantitative estimate of drug-likeness (QED) is 0.0213. The van der Waals surface area contributed by atoms with Gasteiger partial charge in [0.1, 0.15) is 30.2 Å². The lowest BCUT2D eigenvalue weighted by molar-refractivity contribution is -0.136. The maximum Gasteiger partial charge on any atom is 0.334 e. The fraction of sp³-hybridized carbons (Fsp3) is 0.465. The molecule has 354 valence electrons. The molecule has 0 radical (unpaired) electrons. The summed E-state index contributed by atoms with van der Waals surface area (Å²) in [6, 6.07) is 8.39. The number of H-pyrrole nitrogens is 1. The molecular formula is C43H63N13O9. The van der Waals surface area contributed by atoms with E-state index in [1.54, 1.807) is 57.4 Å². The van der Waals surface area contributed by atoms with Gasteiger partial charge < -0.3 is 58.8 Å². The van der Waals surface area contributed by atoms with Gasteiger partial charge in [0.05, 0.1) is 6.10 Å². The summed E-state index contributed by atoms with van der Waals surface area (Å²) in [5, 5.41) is 37.2. The van der Waals surface area contributed by atoms with Crippen molar-refractivity contribution in [3.8, 4) is 0 Å². The number of carbonyl (C=O) groups excluding carboxylic acids is 8. The topological polar surface area (TPSA) is 357 Å². The van der Waals surface area contributed by atoms with Crippen LogP contribution in [-0.4, -0.2) is 113 Å². The lowest BCUT2D eigenvalue weighted by Gasteiger charge is -2.26. The van der Waals surface area contributed by atoms with Crippen LogP contribution in [0.5, 0.6) is 0 Å². The molecule has 1 aromatic heterocycles. The highest BCUT2D eigenvalue weighted by Crippen LogP contribution is 2.19. The highest BCUT2D eigenvalue weighted by molar-refractivity contribution is 5.96. The van der Waals surface area contributed by atoms with Crippen LogP contribution in [0.15, 0.2) is 60.8 Å². The third-order valence-electron chi connectivity index (χ3n) is 10.2. The van der Waals surface area contributed by atoms with Gasteiger partial charge in [-0.2, -0.15) is 0 Å². The first-order chi connectivity index (χ1) is 30.8. The number of benzene rings is 2. The number of hydrogen-bond donors (Lipinski definition) is 14. The van der Waals surface area contributed by atoms with E-state index in [9.17, 15) is 43.5 Å². The van der Waals surface area contributed by atoms with Gasteiger partial charge in [0.15, 0.2) is 5.96 Å². The molecule has 0 unspecified atom stereocenters. The average molecular weight is 906 g/mol. The largest absolute Gasteiger partial charge is 0.391 e. The van der Waals surface area contributed by atoms with Gasteiger partial charge in [0, 0.05) is 55.9 Å². The zero-order valence-corrected chi connectivity index (χ0v) is 37.2. The second kappa shape index (κ2) is 25.8. The van der Waals surface area contributed by atoms with E-state index >= 15 is 0 Å². The zero-order valence-electron chi connectivity index (χ0n) is 37.2. The number of urea groups is 1. The van der Waals surface area contributed by atoms with E-state index in [4.69, 9.17) is 16.9 Å². The van der Waals surface area contributed by atoms with E-state index in [0.717, 1.165) is 16.5 Å². The number of fused-ring (bicyclic) bond motifs is 1. The molecule has 0 aliphatic rings. The zero-order chi connectivity index (χ0) is 48.2. The Labute approximate surface area is 376 Å². The van der Waals surface area contributed by atoms with Gasteiger partial charge in [-0.25, -0.2) is 10.2 Å². The molecule has 22 nitrogen and oxygen atoms in total. The van der Waals surface area contributed by atoms with E-state index in [0.29, 0.717) is 12.0 Å². The van der Waals surface area contributed by atoms with Gasteiger partial charge in [0.25, 0.3) is 5.91 Å². The molecule has 9 amide bonds. The Kier molecular flexibility index (Phi) is 20.7. The summed E-state index contributed by atoms with van der Waals surface area (Å²) in [5.41, 5.74) is 17.5. The number of amides is 9. The summed E-state index contributed by atoms with van der Waals surface area (Å²) in [6.07, 6.45) is 0.374. The molecule has 2 aromatic carbocycles. The van der Waals surface area contributed by atoms with Crippen LogP contribution in [0.1, 0.15) is 64.5 Å². The number of hydrogen-bond acceptors (Lipinski definition) is 10. The van der Waals surface area contributed by atoms with Gasteiger partial charge in [0.2, 0.25) is 35.4 Å². The number of carbonyl (C=O) groups is 8. The van der Waals surface area contributed by atoms with Crippen LogP contribution >= 0.6 is 0 Å². The Bertz CT molecular complexity index is 2130. The Balaban J connectivity index is 1.76. The molecule has 0 saturated carbocycles. The average Bonchev–Trinajstić information content (AvgIpc) is 3.66. The van der Waals surface area contributed by atoms with Crippen molar-refractivity contribution in [1.82, 2.24) is 53.1 Å². The molecular weight excluding hydrogens is 843 g/mol. The van der Waals surface area contributed by atoms with Gasteiger partial charge >= 0.3 is 6.03 Å². The SMILES string of the molecule is CNC(=N)NCCC[C@H](NC(=O)[C@H](CC(C)C)NC(=O)NNC(=O)[C@H](Cc1ccccc1)NC(=O)[C@@H](NC(=O)[C@@H](C)CC(N)=O)[C@@H](C)O)C(=O)N[C@@H](Cc1c[nH]c2ccccc12)C(N)=O. The third kappa shape index (κ3) is 17.5. The second-order valence-electron chi connectivity index (χ2n) is 16.1. The lowest BCUT2D eigenvalue weighted by Crippen LogP contribution is -2.61. The van der Waals surface area contributed by atoms with E-state index in [2.05, 4.69) is 53.1 Å². The lowest BCUT2D eigenvalue weighted by atomic mass is 10.0. The fourth-order valence-corrected chi connectivity index (χ4v) is 6.68. The van der Waals surface area contributed by atoms with Crippen LogP contribution in [0, 0.1) is 17.2 Å². The summed E-state index contributed by atoms with van der Waals surface area (Å²) in [7, 11) is 1.56. The highest BCUT2D eigenvalue weighted by atomic mass is 16.3. The first-order valence-electron chi connectivity index (χ1n) is 21.2. The maximum atomic E-state index is 13.9. The van der Waals surface area contributed by atoms with Gasteiger partial charge in [-0.1, -0.05) is 69.3 Å². The molecule has 65 heavy (non-hydrogen) atoms. The molecule has 0 fully saturated rings. The number of guanidine groups is 1. The summed E-state index contributed by atoms with van der Waals surface area (Å²) in [4.78, 5) is 108. The van der Waals surface area contributed by atoms with E-state index in [-0.39, 0.29) is 50.5 Å². The molecule has 0 saturated heterocycles. The normalized spacial score (nSPS) is 14.2. The number of aliphatic hydroxyl groups is 1. The molecule has 16 N–H and O–H groups in total. The summed E-state index contributed by atoms with van der Waals surface area (Å²) in [5.74, 6) is -6.65. The molecule has 0 spiro atoms. The minimum absolute atomic E-state index is 0.0384. The first kappa shape index (κ1) is 52.1. The Morgan fingerprint density at radius 2 is 1.34 bits per heavy atom. The molecule has 0 aliphatic heterocycles. The number of primary amides is 2. The number of para-hydroxylation sites is 1. The van der Waals surface area contributed by atoms with Gasteiger partial charge in [-0.3, -0.25) is 44.4 Å². The van der Waals surface area contributed by atoms with Crippen molar-refractivity contribution in [2.75, 3.05) is 13.6 Å². The van der Waals surface area contributed by atoms with Gasteiger partial charge in [-0.05, 0) is 49.3 Å². The number of hydrazine groups is 1. The number of aromatic nitrogens is 1. The van der Waals surface area contributed by atoms with Crippen molar-refractivity contribution in [2.24, 2.45) is 23.3 Å². The van der Waals surface area contributed by atoms with Crippen molar-refractivity contribution in [2.45, 2.75) is 103 Å². The standard InChI is InChI=1S/C43H63N13O9/c1-23(2)18-32(39(62)50-30(16-11-17-48-42(46)47-5)38(61)51-31(36(45)59)21-27-22-49-29-15-10-9-14-28(27)29)53-43(65)56-55-40(63)33(20-26-12-7-6-8-13-26)52-41(64)35(25(4)57)54-37(60)24(3)19-34(44)58/h6-10,12-15,22-25,30-33,35,49,57H,11,16-21H2,1-5H3,(H2,44,58)(H2,45,59)(H,50,62)(H,51,61)(H,52,64)(H,54,60)(H,55,63)(H3,46,47,48)(H2,53,56,65)/t24-,25+,30-,31-,32-,33-,35-/m0/s1. The highest BCUT2D eigenvalue weighted by Gasteiger charge is 2.33. The summed E-state index contributed by atoms with van der Waals surface area (Å²) >= 11 is 0. The van der Waals surface area contributed by atoms with Crippen molar-refractivity contribution in [1.29, 1.82) is 5.41 Å². The Morgan fingerprint density at radius 1 is 0.708 bits per heavy atom. The van der Waals surface area contributed by atoms with Crippen molar-refractivity contribution < 1.29 is 43.5 Å².